The Hall–Kier alpha value is -3.58. The minimum Gasteiger partial charge on any atom is -0.539 e. The molecule has 0 aliphatic carbocycles. The number of aromatic nitrogens is 4. The van der Waals surface area contributed by atoms with Crippen molar-refractivity contribution in [3.8, 4) is 40.0 Å². The van der Waals surface area contributed by atoms with Gasteiger partial charge in [-0.2, -0.15) is 0 Å². The van der Waals surface area contributed by atoms with Crippen molar-refractivity contribution in [2.45, 2.75) is 0 Å². The van der Waals surface area contributed by atoms with Crippen LogP contribution in [-0.2, 0) is 0 Å². The van der Waals surface area contributed by atoms with Crippen LogP contribution in [0.4, 0.5) is 0 Å². The second-order valence-electron chi connectivity index (χ2n) is 5.69. The van der Waals surface area contributed by atoms with Gasteiger partial charge in [-0.1, -0.05) is 48.5 Å². The van der Waals surface area contributed by atoms with Crippen LogP contribution in [-0.4, -0.2) is 32.6 Å². The first kappa shape index (κ1) is 16.9. The molecule has 0 saturated carbocycles. The lowest BCUT2D eigenvalue weighted by molar-refractivity contribution is 0.454. The van der Waals surface area contributed by atoms with E-state index in [1.54, 1.807) is 18.3 Å². The monoisotopic (exact) mass is 354 g/mol. The van der Waals surface area contributed by atoms with Crippen molar-refractivity contribution in [3.63, 3.8) is 0 Å². The van der Waals surface area contributed by atoms with Gasteiger partial charge < -0.3 is 9.68 Å². The second-order valence-corrected chi connectivity index (χ2v) is 5.69. The molecule has 0 atom stereocenters. The third kappa shape index (κ3) is 3.83. The summed E-state index contributed by atoms with van der Waals surface area (Å²) in [5.41, 5.74) is 2.32. The van der Waals surface area contributed by atoms with Crippen LogP contribution in [0.5, 0.6) is 5.75 Å². The smallest absolute Gasteiger partial charge is 0.504 e. The van der Waals surface area contributed by atoms with Gasteiger partial charge in [-0.15, -0.1) is 0 Å². The van der Waals surface area contributed by atoms with Gasteiger partial charge in [0, 0.05) is 17.3 Å². The summed E-state index contributed by atoms with van der Waals surface area (Å²) in [7, 11) is -0.394. The van der Waals surface area contributed by atoms with Gasteiger partial charge in [0.15, 0.2) is 17.5 Å². The van der Waals surface area contributed by atoms with Crippen molar-refractivity contribution in [2.75, 3.05) is 0 Å². The molecule has 0 saturated heterocycles. The molecule has 4 rings (SSSR count). The first-order valence-corrected chi connectivity index (χ1v) is 8.40. The quantitative estimate of drug-likeness (QED) is 0.555. The molecule has 2 aromatic carbocycles. The molecule has 0 amide bonds. The van der Waals surface area contributed by atoms with Gasteiger partial charge in [0.25, 0.3) is 0 Å². The normalized spacial score (nSPS) is 10.4. The summed E-state index contributed by atoms with van der Waals surface area (Å²) in [4.78, 5) is 18.2. The molecule has 0 aliphatic heterocycles. The molecular formula is C20H15BN4O2. The first-order valence-electron chi connectivity index (χ1n) is 8.40. The van der Waals surface area contributed by atoms with E-state index in [0.717, 1.165) is 11.1 Å². The van der Waals surface area contributed by atoms with Gasteiger partial charge in [0.1, 0.15) is 11.4 Å². The van der Waals surface area contributed by atoms with Gasteiger partial charge >= 0.3 is 7.69 Å². The second kappa shape index (κ2) is 7.76. The average Bonchev–Trinajstić information content (AvgIpc) is 2.75. The fourth-order valence-electron chi connectivity index (χ4n) is 2.63. The highest BCUT2D eigenvalue weighted by Gasteiger charge is 2.13. The highest BCUT2D eigenvalue weighted by Crippen LogP contribution is 2.25. The molecule has 0 fully saturated rings. The summed E-state index contributed by atoms with van der Waals surface area (Å²) >= 11 is 0. The van der Waals surface area contributed by atoms with Crippen molar-refractivity contribution in [2.24, 2.45) is 0 Å². The third-order valence-corrected chi connectivity index (χ3v) is 3.88. The van der Waals surface area contributed by atoms with Gasteiger partial charge in [-0.25, -0.2) is 15.0 Å². The van der Waals surface area contributed by atoms with E-state index < -0.39 is 7.69 Å². The molecule has 0 unspecified atom stereocenters. The predicted molar refractivity (Wildman–Crippen MR) is 104 cm³/mol. The molecule has 6 nitrogen and oxygen atoms in total. The predicted octanol–water partition coefficient (Wildman–Crippen LogP) is 2.91. The fraction of sp³-hybridized carbons (Fsp3) is 0. The lowest BCUT2D eigenvalue weighted by Crippen LogP contribution is -2.02. The SMILES string of the molecule is OBOc1cccc(-c2nc(-c3ccccc3)nc(-c3ccccn3)n2)c1. The third-order valence-electron chi connectivity index (χ3n) is 3.88. The summed E-state index contributed by atoms with van der Waals surface area (Å²) < 4.78 is 5.17. The first-order chi connectivity index (χ1) is 13.3. The van der Waals surface area contributed by atoms with Crippen LogP contribution < -0.4 is 4.65 Å². The molecule has 0 radical (unpaired) electrons. The van der Waals surface area contributed by atoms with Crippen molar-refractivity contribution in [3.05, 3.63) is 79.0 Å². The van der Waals surface area contributed by atoms with Crippen molar-refractivity contribution in [1.29, 1.82) is 0 Å². The summed E-state index contributed by atoms with van der Waals surface area (Å²) in [5.74, 6) is 2.10. The van der Waals surface area contributed by atoms with E-state index in [9.17, 15) is 0 Å². The Morgan fingerprint density at radius 2 is 1.41 bits per heavy atom. The van der Waals surface area contributed by atoms with Gasteiger partial charge in [-0.05, 0) is 24.3 Å². The molecule has 2 aromatic heterocycles. The van der Waals surface area contributed by atoms with Gasteiger partial charge in [0.2, 0.25) is 0 Å². The van der Waals surface area contributed by atoms with Crippen LogP contribution in [0.25, 0.3) is 34.3 Å². The molecule has 2 heterocycles. The Labute approximate surface area is 156 Å². The topological polar surface area (TPSA) is 81.0 Å². The van der Waals surface area contributed by atoms with Crippen LogP contribution in [0.1, 0.15) is 0 Å². The zero-order valence-electron chi connectivity index (χ0n) is 14.4. The molecule has 0 bridgehead atoms. The Bertz CT molecular complexity index is 988. The lowest BCUT2D eigenvalue weighted by atomic mass is 10.1. The van der Waals surface area contributed by atoms with Crippen LogP contribution in [0.3, 0.4) is 0 Å². The van der Waals surface area contributed by atoms with E-state index >= 15 is 0 Å². The molecule has 0 spiro atoms. The zero-order chi connectivity index (χ0) is 18.5. The van der Waals surface area contributed by atoms with Crippen LogP contribution in [0, 0.1) is 0 Å². The maximum atomic E-state index is 8.99. The largest absolute Gasteiger partial charge is 0.539 e. The average molecular weight is 354 g/mol. The van der Waals surface area contributed by atoms with Crippen molar-refractivity contribution in [1.82, 2.24) is 19.9 Å². The number of nitrogens with zero attached hydrogens (tertiary/aromatic N) is 4. The molecule has 130 valence electrons. The summed E-state index contributed by atoms with van der Waals surface area (Å²) in [5, 5.41) is 8.99. The van der Waals surface area contributed by atoms with Crippen molar-refractivity contribution >= 4 is 7.69 Å². The van der Waals surface area contributed by atoms with E-state index in [-0.39, 0.29) is 0 Å². The Morgan fingerprint density at radius 3 is 2.15 bits per heavy atom. The number of benzene rings is 2. The Kier molecular flexibility index (Phi) is 4.85. The molecule has 0 aliphatic rings. The van der Waals surface area contributed by atoms with Gasteiger partial charge in [0.05, 0.1) is 0 Å². The lowest BCUT2D eigenvalue weighted by Gasteiger charge is -2.09. The summed E-state index contributed by atoms with van der Waals surface area (Å²) in [6.45, 7) is 0. The zero-order valence-corrected chi connectivity index (χ0v) is 14.4. The number of pyridine rings is 1. The van der Waals surface area contributed by atoms with E-state index in [2.05, 4.69) is 19.9 Å². The Morgan fingerprint density at radius 1 is 0.704 bits per heavy atom. The van der Waals surface area contributed by atoms with E-state index in [1.807, 2.05) is 60.7 Å². The Balaban J connectivity index is 1.87. The van der Waals surface area contributed by atoms with Crippen LogP contribution >= 0.6 is 0 Å². The minimum atomic E-state index is -0.394. The molecule has 1 N–H and O–H groups in total. The summed E-state index contributed by atoms with van der Waals surface area (Å²) in [6.07, 6.45) is 1.71. The van der Waals surface area contributed by atoms with E-state index in [1.165, 1.54) is 0 Å². The van der Waals surface area contributed by atoms with Crippen LogP contribution in [0.15, 0.2) is 79.0 Å². The highest BCUT2D eigenvalue weighted by molar-refractivity contribution is 6.17. The number of hydrogen-bond acceptors (Lipinski definition) is 6. The maximum Gasteiger partial charge on any atom is 0.504 e. The standard InChI is InChI=1S/C20H15BN4O2/c26-21-27-16-10-6-9-15(13-16)19-23-18(14-7-2-1-3-8-14)24-20(25-19)17-11-4-5-12-22-17/h1-13,21,26H. The molecule has 27 heavy (non-hydrogen) atoms. The molecule has 7 heteroatoms. The molecular weight excluding hydrogens is 339 g/mol. The number of rotatable bonds is 5. The fourth-order valence-corrected chi connectivity index (χ4v) is 2.63. The molecule has 4 aromatic rings. The van der Waals surface area contributed by atoms with E-state index in [0.29, 0.717) is 28.9 Å². The van der Waals surface area contributed by atoms with Crippen molar-refractivity contribution < 1.29 is 9.68 Å². The van der Waals surface area contributed by atoms with Gasteiger partial charge in [-0.3, -0.25) is 4.98 Å². The maximum absolute atomic E-state index is 8.99. The van der Waals surface area contributed by atoms with E-state index in [4.69, 9.17) is 9.68 Å². The summed E-state index contributed by atoms with van der Waals surface area (Å²) in [6, 6.07) is 22.6. The highest BCUT2D eigenvalue weighted by atomic mass is 16.5. The van der Waals surface area contributed by atoms with Crippen LogP contribution in [0.2, 0.25) is 0 Å². The minimum absolute atomic E-state index is 0.394. The number of hydrogen-bond donors (Lipinski definition) is 1.